The number of unbranched alkanes of at least 4 members (excludes halogenated alkanes) is 2. The number of nitrogens with one attached hydrogen (secondary N) is 2. The van der Waals surface area contributed by atoms with Gasteiger partial charge in [0.05, 0.1) is 6.04 Å². The Morgan fingerprint density at radius 3 is 1.70 bits per heavy atom. The molecule has 0 rings (SSSR count). The number of hydrogen-bond donors (Lipinski definition) is 7. The monoisotopic (exact) mass is 388 g/mol. The van der Waals surface area contributed by atoms with Crippen molar-refractivity contribution in [2.24, 2.45) is 22.9 Å². The molecule has 2 amide bonds. The van der Waals surface area contributed by atoms with Crippen molar-refractivity contribution in [2.45, 2.75) is 69.5 Å². The normalized spacial score (nSPS) is 14.2. The minimum Gasteiger partial charge on any atom is -0.480 e. The van der Waals surface area contributed by atoms with Crippen molar-refractivity contribution in [3.63, 3.8) is 0 Å². The van der Waals surface area contributed by atoms with Gasteiger partial charge in [-0.2, -0.15) is 0 Å². The largest absolute Gasteiger partial charge is 0.480 e. The average molecular weight is 389 g/mol. The number of carbonyl (C=O) groups is 3. The lowest BCUT2D eigenvalue weighted by Gasteiger charge is -2.23. The molecule has 10 nitrogen and oxygen atoms in total. The molecule has 0 fully saturated rings. The first-order chi connectivity index (χ1) is 12.9. The third-order valence-corrected chi connectivity index (χ3v) is 4.20. The standard InChI is InChI=1S/C17H36N6O4/c18-9-3-1-6-12(21)15(24)22-13(8-5-11-20)16(25)23-14(17(26)27)7-2-4-10-19/h12-14H,1-11,18-21H2,(H,22,24)(H,23,25)(H,26,27)/t12-,13-,14-/m0/s1. The lowest BCUT2D eigenvalue weighted by atomic mass is 10.1. The number of amides is 2. The van der Waals surface area contributed by atoms with E-state index in [1.165, 1.54) is 0 Å². The van der Waals surface area contributed by atoms with Crippen molar-refractivity contribution in [2.75, 3.05) is 19.6 Å². The summed E-state index contributed by atoms with van der Waals surface area (Å²) < 4.78 is 0. The second-order valence-electron chi connectivity index (χ2n) is 6.57. The zero-order chi connectivity index (χ0) is 20.7. The average Bonchev–Trinajstić information content (AvgIpc) is 2.63. The number of nitrogens with two attached hydrogens (primary N) is 4. The van der Waals surface area contributed by atoms with Crippen molar-refractivity contribution < 1.29 is 19.5 Å². The smallest absolute Gasteiger partial charge is 0.326 e. The Kier molecular flexibility index (Phi) is 14.3. The van der Waals surface area contributed by atoms with Gasteiger partial charge in [0.1, 0.15) is 12.1 Å². The Morgan fingerprint density at radius 2 is 1.19 bits per heavy atom. The number of carboxylic acid groups (broad SMARTS) is 1. The fourth-order valence-electron chi connectivity index (χ4n) is 2.53. The number of aliphatic carboxylic acids is 1. The highest BCUT2D eigenvalue weighted by atomic mass is 16.4. The van der Waals surface area contributed by atoms with E-state index in [0.29, 0.717) is 58.2 Å². The van der Waals surface area contributed by atoms with Crippen molar-refractivity contribution in [3.05, 3.63) is 0 Å². The number of carboxylic acids is 1. The van der Waals surface area contributed by atoms with Crippen molar-refractivity contribution in [1.82, 2.24) is 10.6 Å². The van der Waals surface area contributed by atoms with E-state index in [9.17, 15) is 19.5 Å². The maximum atomic E-state index is 12.5. The maximum absolute atomic E-state index is 12.5. The second kappa shape index (κ2) is 15.3. The van der Waals surface area contributed by atoms with E-state index in [1.54, 1.807) is 0 Å². The molecule has 0 unspecified atom stereocenters. The van der Waals surface area contributed by atoms with Crippen LogP contribution in [-0.2, 0) is 14.4 Å². The molecular formula is C17H36N6O4. The lowest BCUT2D eigenvalue weighted by Crippen LogP contribution is -2.54. The Morgan fingerprint density at radius 1 is 0.704 bits per heavy atom. The van der Waals surface area contributed by atoms with Crippen molar-refractivity contribution in [3.8, 4) is 0 Å². The third kappa shape index (κ3) is 11.5. The van der Waals surface area contributed by atoms with Crippen LogP contribution in [0.25, 0.3) is 0 Å². The lowest BCUT2D eigenvalue weighted by molar-refractivity contribution is -0.142. The van der Waals surface area contributed by atoms with Crippen LogP contribution in [0.2, 0.25) is 0 Å². The number of carbonyl (C=O) groups excluding carboxylic acids is 2. The van der Waals surface area contributed by atoms with Gasteiger partial charge in [-0.1, -0.05) is 6.42 Å². The summed E-state index contributed by atoms with van der Waals surface area (Å²) in [6.07, 6.45) is 4.28. The Hall–Kier alpha value is -1.75. The van der Waals surface area contributed by atoms with E-state index < -0.39 is 35.9 Å². The summed E-state index contributed by atoms with van der Waals surface area (Å²) in [7, 11) is 0. The SMILES string of the molecule is NCCCC[C@H](NC(=O)[C@H](CCCN)NC(=O)[C@@H](N)CCCCN)C(=O)O. The molecule has 27 heavy (non-hydrogen) atoms. The predicted molar refractivity (Wildman–Crippen MR) is 104 cm³/mol. The minimum absolute atomic E-state index is 0.272. The molecule has 0 heterocycles. The van der Waals surface area contributed by atoms with Crippen LogP contribution < -0.4 is 33.6 Å². The second-order valence-corrected chi connectivity index (χ2v) is 6.57. The number of rotatable bonds is 16. The molecule has 0 aliphatic heterocycles. The molecule has 0 aromatic rings. The zero-order valence-electron chi connectivity index (χ0n) is 16.0. The van der Waals surface area contributed by atoms with E-state index >= 15 is 0 Å². The van der Waals surface area contributed by atoms with Crippen molar-refractivity contribution in [1.29, 1.82) is 0 Å². The molecule has 0 saturated carbocycles. The van der Waals surface area contributed by atoms with E-state index in [0.717, 1.165) is 6.42 Å². The van der Waals surface area contributed by atoms with Crippen LogP contribution in [0.3, 0.4) is 0 Å². The van der Waals surface area contributed by atoms with Crippen LogP contribution in [0, 0.1) is 0 Å². The summed E-state index contributed by atoms with van der Waals surface area (Å²) in [6.45, 7) is 1.33. The van der Waals surface area contributed by atoms with Crippen LogP contribution >= 0.6 is 0 Å². The zero-order valence-corrected chi connectivity index (χ0v) is 16.0. The van der Waals surface area contributed by atoms with Gasteiger partial charge in [0.2, 0.25) is 11.8 Å². The topological polar surface area (TPSA) is 200 Å². The molecule has 11 N–H and O–H groups in total. The quantitative estimate of drug-likeness (QED) is 0.153. The molecule has 158 valence electrons. The van der Waals surface area contributed by atoms with Gasteiger partial charge in [-0.15, -0.1) is 0 Å². The van der Waals surface area contributed by atoms with Gasteiger partial charge in [-0.25, -0.2) is 4.79 Å². The van der Waals surface area contributed by atoms with Crippen LogP contribution in [0.15, 0.2) is 0 Å². The van der Waals surface area contributed by atoms with Gasteiger partial charge in [0.15, 0.2) is 0 Å². The highest BCUT2D eigenvalue weighted by molar-refractivity contribution is 5.91. The Labute approximate surface area is 160 Å². The number of hydrogen-bond acceptors (Lipinski definition) is 7. The predicted octanol–water partition coefficient (Wildman–Crippen LogP) is -1.64. The third-order valence-electron chi connectivity index (χ3n) is 4.20. The highest BCUT2D eigenvalue weighted by Crippen LogP contribution is 2.05. The van der Waals surface area contributed by atoms with Gasteiger partial charge in [0.25, 0.3) is 0 Å². The van der Waals surface area contributed by atoms with Crippen LogP contribution in [0.4, 0.5) is 0 Å². The molecule has 10 heteroatoms. The molecule has 0 spiro atoms. The van der Waals surface area contributed by atoms with E-state index in [2.05, 4.69) is 10.6 Å². The van der Waals surface area contributed by atoms with Gasteiger partial charge >= 0.3 is 5.97 Å². The molecule has 0 aliphatic rings. The van der Waals surface area contributed by atoms with Gasteiger partial charge < -0.3 is 38.7 Å². The summed E-state index contributed by atoms with van der Waals surface area (Å²) in [5.74, 6) is -2.12. The summed E-state index contributed by atoms with van der Waals surface area (Å²) >= 11 is 0. The van der Waals surface area contributed by atoms with Gasteiger partial charge in [0, 0.05) is 0 Å². The minimum atomic E-state index is -1.12. The summed E-state index contributed by atoms with van der Waals surface area (Å²) in [5, 5.41) is 14.4. The van der Waals surface area contributed by atoms with Crippen LogP contribution in [0.1, 0.15) is 51.4 Å². The van der Waals surface area contributed by atoms with Gasteiger partial charge in [-0.3, -0.25) is 9.59 Å². The molecular weight excluding hydrogens is 352 g/mol. The first kappa shape index (κ1) is 25.2. The van der Waals surface area contributed by atoms with Crippen LogP contribution in [-0.4, -0.2) is 60.6 Å². The molecule has 0 radical (unpaired) electrons. The van der Waals surface area contributed by atoms with E-state index in [-0.39, 0.29) is 6.42 Å². The molecule has 0 aliphatic carbocycles. The fourth-order valence-corrected chi connectivity index (χ4v) is 2.53. The molecule has 0 bridgehead atoms. The maximum Gasteiger partial charge on any atom is 0.326 e. The summed E-state index contributed by atoms with van der Waals surface area (Å²) in [6, 6.07) is -2.65. The molecule has 3 atom stereocenters. The van der Waals surface area contributed by atoms with E-state index in [1.807, 2.05) is 0 Å². The highest BCUT2D eigenvalue weighted by Gasteiger charge is 2.27. The van der Waals surface area contributed by atoms with Crippen molar-refractivity contribution >= 4 is 17.8 Å². The first-order valence-corrected chi connectivity index (χ1v) is 9.56. The summed E-state index contributed by atoms with van der Waals surface area (Å²) in [4.78, 5) is 36.1. The van der Waals surface area contributed by atoms with Crippen LogP contribution in [0.5, 0.6) is 0 Å². The molecule has 0 saturated heterocycles. The molecule has 0 aromatic carbocycles. The Balaban J connectivity index is 4.80. The Bertz CT molecular complexity index is 449. The first-order valence-electron chi connectivity index (χ1n) is 9.56. The summed E-state index contributed by atoms with van der Waals surface area (Å²) in [5.41, 5.74) is 22.2. The van der Waals surface area contributed by atoms with Gasteiger partial charge in [-0.05, 0) is 64.6 Å². The fraction of sp³-hybridized carbons (Fsp3) is 0.824. The molecule has 0 aromatic heterocycles. The van der Waals surface area contributed by atoms with E-state index in [4.69, 9.17) is 22.9 Å².